The summed E-state index contributed by atoms with van der Waals surface area (Å²) in [5, 5.41) is 7.13. The van der Waals surface area contributed by atoms with E-state index in [-0.39, 0.29) is 12.5 Å². The van der Waals surface area contributed by atoms with Gasteiger partial charge in [-0.15, -0.1) is 0 Å². The van der Waals surface area contributed by atoms with Gasteiger partial charge < -0.3 is 5.32 Å². The fourth-order valence-electron chi connectivity index (χ4n) is 0.876. The number of hydrogen-bond donors (Lipinski definition) is 1. The summed E-state index contributed by atoms with van der Waals surface area (Å²) >= 11 is 8.65. The van der Waals surface area contributed by atoms with Crippen LogP contribution in [0.15, 0.2) is 6.20 Å². The predicted molar refractivity (Wildman–Crippen MR) is 56.8 cm³/mol. The smallest absolute Gasteiger partial charge is 0.297 e. The highest BCUT2D eigenvalue weighted by Crippen LogP contribution is 2.12. The Balaban J connectivity index is 2.56. The maximum Gasteiger partial charge on any atom is 0.297 e. The second-order valence-corrected chi connectivity index (χ2v) is 3.30. The first-order chi connectivity index (χ1) is 6.63. The van der Waals surface area contributed by atoms with Crippen LogP contribution < -0.4 is 5.32 Å². The Labute approximate surface area is 94.7 Å². The summed E-state index contributed by atoms with van der Waals surface area (Å²) in [7, 11) is 1.76. The van der Waals surface area contributed by atoms with Gasteiger partial charge in [0, 0.05) is 35.1 Å². The van der Waals surface area contributed by atoms with Crippen LogP contribution in [0, 0.1) is 10.8 Å². The van der Waals surface area contributed by atoms with Crippen LogP contribution in [0.5, 0.6) is 0 Å². The molecule has 0 radical (unpaired) electrons. The van der Waals surface area contributed by atoms with Crippen LogP contribution in [-0.2, 0) is 18.4 Å². The topological polar surface area (TPSA) is 46.9 Å². The van der Waals surface area contributed by atoms with Gasteiger partial charge in [0.15, 0.2) is 0 Å². The summed E-state index contributed by atoms with van der Waals surface area (Å²) in [6.45, 7) is 0.278. The third kappa shape index (κ3) is 3.05. The molecular weight excluding hydrogens is 269 g/mol. The minimum atomic E-state index is -0.372. The molecule has 6 heteroatoms. The predicted octanol–water partition coefficient (Wildman–Crippen LogP) is 1.05. The van der Waals surface area contributed by atoms with Gasteiger partial charge in [0.25, 0.3) is 5.91 Å². The largest absolute Gasteiger partial charge is 0.339 e. The lowest BCUT2D eigenvalue weighted by molar-refractivity contribution is -0.115. The summed E-state index contributed by atoms with van der Waals surface area (Å²) in [6, 6.07) is 0. The van der Waals surface area contributed by atoms with Crippen molar-refractivity contribution in [3.63, 3.8) is 0 Å². The quantitative estimate of drug-likeness (QED) is 0.821. The third-order valence-corrected chi connectivity index (χ3v) is 1.95. The van der Waals surface area contributed by atoms with E-state index in [4.69, 9.17) is 11.6 Å². The van der Waals surface area contributed by atoms with Gasteiger partial charge in [-0.05, 0) is 4.83 Å². The molecule has 0 bridgehead atoms. The zero-order valence-corrected chi connectivity index (χ0v) is 9.68. The highest BCUT2D eigenvalue weighted by molar-refractivity contribution is 9.12. The first-order valence-electron chi connectivity index (χ1n) is 3.71. The minimum Gasteiger partial charge on any atom is -0.339 e. The van der Waals surface area contributed by atoms with Gasteiger partial charge in [-0.1, -0.05) is 11.6 Å². The summed E-state index contributed by atoms with van der Waals surface area (Å²) in [5.74, 6) is 1.91. The van der Waals surface area contributed by atoms with Crippen molar-refractivity contribution in [3.8, 4) is 10.8 Å². The van der Waals surface area contributed by atoms with Gasteiger partial charge in [-0.25, -0.2) is 0 Å². The molecule has 0 spiro atoms. The molecule has 1 heterocycles. The highest BCUT2D eigenvalue weighted by atomic mass is 79.9. The molecule has 74 valence electrons. The normalized spacial score (nSPS) is 9.07. The first-order valence-corrected chi connectivity index (χ1v) is 4.88. The lowest BCUT2D eigenvalue weighted by atomic mass is 10.4. The van der Waals surface area contributed by atoms with Gasteiger partial charge in [0.2, 0.25) is 0 Å². The van der Waals surface area contributed by atoms with Crippen molar-refractivity contribution in [1.29, 1.82) is 0 Å². The number of nitrogens with one attached hydrogen (secondary N) is 1. The lowest BCUT2D eigenvalue weighted by Gasteiger charge is -1.96. The molecule has 1 aromatic heterocycles. The number of aryl methyl sites for hydroxylation is 1. The summed E-state index contributed by atoms with van der Waals surface area (Å²) in [4.78, 5) is 13.3. The third-order valence-electron chi connectivity index (χ3n) is 1.43. The van der Waals surface area contributed by atoms with Crippen molar-refractivity contribution in [3.05, 3.63) is 16.9 Å². The van der Waals surface area contributed by atoms with Gasteiger partial charge >= 0.3 is 0 Å². The van der Waals surface area contributed by atoms with E-state index in [2.05, 4.69) is 37.1 Å². The van der Waals surface area contributed by atoms with E-state index >= 15 is 0 Å². The van der Waals surface area contributed by atoms with Crippen molar-refractivity contribution >= 4 is 33.4 Å². The Morgan fingerprint density at radius 2 is 2.57 bits per heavy atom. The fourth-order valence-corrected chi connectivity index (χ4v) is 1.30. The second-order valence-electron chi connectivity index (χ2n) is 2.50. The SMILES string of the molecule is Cn1cc(Cl)c(CNC(=O)C#CBr)n1. The average molecular weight is 277 g/mol. The second kappa shape index (κ2) is 5.03. The van der Waals surface area contributed by atoms with E-state index in [9.17, 15) is 4.79 Å². The van der Waals surface area contributed by atoms with Crippen LogP contribution in [0.4, 0.5) is 0 Å². The van der Waals surface area contributed by atoms with E-state index in [1.807, 2.05) is 0 Å². The fraction of sp³-hybridized carbons (Fsp3) is 0.250. The molecule has 4 nitrogen and oxygen atoms in total. The summed E-state index contributed by atoms with van der Waals surface area (Å²) in [5.41, 5.74) is 0.624. The van der Waals surface area contributed by atoms with Crippen LogP contribution in [0.3, 0.4) is 0 Å². The zero-order chi connectivity index (χ0) is 10.6. The molecule has 1 aromatic rings. The van der Waals surface area contributed by atoms with Crippen molar-refractivity contribution in [1.82, 2.24) is 15.1 Å². The van der Waals surface area contributed by atoms with Crippen LogP contribution in [0.2, 0.25) is 5.02 Å². The van der Waals surface area contributed by atoms with Crippen molar-refractivity contribution in [2.75, 3.05) is 0 Å². The summed E-state index contributed by atoms with van der Waals surface area (Å²) in [6.07, 6.45) is 1.67. The maximum atomic E-state index is 10.9. The molecule has 0 saturated carbocycles. The number of nitrogens with zero attached hydrogens (tertiary/aromatic N) is 2. The molecule has 14 heavy (non-hydrogen) atoms. The lowest BCUT2D eigenvalue weighted by Crippen LogP contribution is -2.21. The Kier molecular flexibility index (Phi) is 3.98. The number of aromatic nitrogens is 2. The Morgan fingerprint density at radius 1 is 1.86 bits per heavy atom. The summed E-state index contributed by atoms with van der Waals surface area (Å²) < 4.78 is 1.58. The van der Waals surface area contributed by atoms with E-state index in [1.165, 1.54) is 0 Å². The molecule has 0 saturated heterocycles. The highest BCUT2D eigenvalue weighted by Gasteiger charge is 2.05. The van der Waals surface area contributed by atoms with Crippen molar-refractivity contribution in [2.24, 2.45) is 7.05 Å². The number of rotatable bonds is 2. The van der Waals surface area contributed by atoms with Gasteiger partial charge in [-0.2, -0.15) is 5.10 Å². The zero-order valence-electron chi connectivity index (χ0n) is 7.34. The first kappa shape index (κ1) is 11.1. The van der Waals surface area contributed by atoms with E-state index in [1.54, 1.807) is 17.9 Å². The van der Waals surface area contributed by atoms with Crippen molar-refractivity contribution in [2.45, 2.75) is 6.54 Å². The molecular formula is C8H7BrClN3O. The van der Waals surface area contributed by atoms with Gasteiger partial charge in [0.05, 0.1) is 11.6 Å². The van der Waals surface area contributed by atoms with Crippen LogP contribution >= 0.6 is 27.5 Å². The Morgan fingerprint density at radius 3 is 3.07 bits per heavy atom. The van der Waals surface area contributed by atoms with E-state index in [0.717, 1.165) is 0 Å². The van der Waals surface area contributed by atoms with Crippen molar-refractivity contribution < 1.29 is 4.79 Å². The molecule has 0 aromatic carbocycles. The number of carbonyl (C=O) groups excluding carboxylic acids is 1. The molecule has 0 unspecified atom stereocenters. The monoisotopic (exact) mass is 275 g/mol. The number of halogens is 2. The molecule has 1 amide bonds. The number of amides is 1. The molecule has 0 atom stereocenters. The molecule has 0 aliphatic rings. The molecule has 1 rings (SSSR count). The average Bonchev–Trinajstić information content (AvgIpc) is 2.42. The molecule has 1 N–H and O–H groups in total. The van der Waals surface area contributed by atoms with Gasteiger partial charge in [-0.3, -0.25) is 9.48 Å². The van der Waals surface area contributed by atoms with E-state index in [0.29, 0.717) is 10.7 Å². The number of hydrogen-bond acceptors (Lipinski definition) is 2. The standard InChI is InChI=1S/C8H7BrClN3O/c1-13-5-6(10)7(12-13)4-11-8(14)2-3-9/h5H,4H2,1H3,(H,11,14). The number of carbonyl (C=O) groups is 1. The van der Waals surface area contributed by atoms with Crippen LogP contribution in [0.25, 0.3) is 0 Å². The minimum absolute atomic E-state index is 0.278. The Bertz CT molecular complexity index is 404. The Hall–Kier alpha value is -0.990. The molecule has 0 aliphatic heterocycles. The van der Waals surface area contributed by atoms with E-state index < -0.39 is 0 Å². The maximum absolute atomic E-state index is 10.9. The van der Waals surface area contributed by atoms with Crippen LogP contribution in [-0.4, -0.2) is 15.7 Å². The molecule has 0 fully saturated rings. The van der Waals surface area contributed by atoms with Gasteiger partial charge in [0.1, 0.15) is 5.69 Å². The molecule has 0 aliphatic carbocycles. The van der Waals surface area contributed by atoms with Crippen LogP contribution in [0.1, 0.15) is 5.69 Å².